The van der Waals surface area contributed by atoms with Crippen molar-refractivity contribution in [3.05, 3.63) is 24.3 Å². The van der Waals surface area contributed by atoms with Gasteiger partial charge in [0.05, 0.1) is 11.4 Å². The summed E-state index contributed by atoms with van der Waals surface area (Å²) < 4.78 is 24.6. The van der Waals surface area contributed by atoms with Gasteiger partial charge in [0.25, 0.3) is 0 Å². The molecule has 0 aromatic carbocycles. The van der Waals surface area contributed by atoms with E-state index in [2.05, 4.69) is 21.8 Å². The fourth-order valence-electron chi connectivity index (χ4n) is 1.79. The van der Waals surface area contributed by atoms with Gasteiger partial charge in [-0.2, -0.15) is 0 Å². The molecular weight excluding hydrogens is 276 g/mol. The third kappa shape index (κ3) is 5.52. The summed E-state index contributed by atoms with van der Waals surface area (Å²) in [5.74, 6) is 0.183. The zero-order valence-electron chi connectivity index (χ0n) is 12.7. The highest BCUT2D eigenvalue weighted by molar-refractivity contribution is 7.89. The Balaban J connectivity index is 2.37. The normalized spacial score (nSPS) is 13.9. The van der Waals surface area contributed by atoms with Crippen molar-refractivity contribution in [3.8, 4) is 0 Å². The van der Waals surface area contributed by atoms with Gasteiger partial charge in [0, 0.05) is 45.1 Å². The number of rotatable bonds is 8. The molecule has 0 saturated carbocycles. The Morgan fingerprint density at radius 1 is 1.25 bits per heavy atom. The van der Waals surface area contributed by atoms with Crippen molar-refractivity contribution in [1.82, 2.24) is 19.2 Å². The third-order valence-electron chi connectivity index (χ3n) is 3.34. The lowest BCUT2D eigenvalue weighted by Crippen LogP contribution is -2.34. The second-order valence-corrected chi connectivity index (χ2v) is 7.48. The van der Waals surface area contributed by atoms with Crippen LogP contribution in [0.25, 0.3) is 0 Å². The first-order valence-corrected chi connectivity index (χ1v) is 8.29. The summed E-state index contributed by atoms with van der Waals surface area (Å²) in [5, 5.41) is 0. The first-order chi connectivity index (χ1) is 9.33. The number of sulfonamides is 1. The van der Waals surface area contributed by atoms with Crippen LogP contribution in [0, 0.1) is 0 Å². The second kappa shape index (κ2) is 7.66. The molecule has 0 spiro atoms. The van der Waals surface area contributed by atoms with Crippen molar-refractivity contribution in [2.75, 3.05) is 33.4 Å². The van der Waals surface area contributed by atoms with Gasteiger partial charge in [-0.1, -0.05) is 0 Å². The molecular formula is C13H24N4O2S. The summed E-state index contributed by atoms with van der Waals surface area (Å²) in [6, 6.07) is 0.300. The van der Waals surface area contributed by atoms with E-state index in [1.165, 1.54) is 4.31 Å². The fourth-order valence-corrected chi connectivity index (χ4v) is 2.65. The van der Waals surface area contributed by atoms with Crippen molar-refractivity contribution < 1.29 is 8.42 Å². The minimum absolute atomic E-state index is 0.183. The monoisotopic (exact) mass is 300 g/mol. The van der Waals surface area contributed by atoms with Crippen LogP contribution in [-0.2, 0) is 16.4 Å². The molecule has 6 nitrogen and oxygen atoms in total. The second-order valence-electron chi connectivity index (χ2n) is 5.18. The van der Waals surface area contributed by atoms with Crippen LogP contribution in [0.4, 0.5) is 0 Å². The first kappa shape index (κ1) is 17.0. The van der Waals surface area contributed by atoms with Crippen LogP contribution < -0.4 is 0 Å². The minimum atomic E-state index is -3.09. The lowest BCUT2D eigenvalue weighted by molar-refractivity contribution is 0.255. The number of nitrogens with zero attached hydrogens (tertiary/aromatic N) is 4. The SMILES string of the molecule is C[C@@H](Cc1cnccn1)N(C)CCCS(=O)(=O)N(C)C. The molecule has 7 heteroatoms. The molecule has 0 N–H and O–H groups in total. The smallest absolute Gasteiger partial charge is 0.213 e. The van der Waals surface area contributed by atoms with Crippen LogP contribution in [-0.4, -0.2) is 67.1 Å². The van der Waals surface area contributed by atoms with Gasteiger partial charge in [0.15, 0.2) is 0 Å². The molecule has 0 unspecified atom stereocenters. The van der Waals surface area contributed by atoms with E-state index in [1.54, 1.807) is 32.7 Å². The van der Waals surface area contributed by atoms with Gasteiger partial charge in [-0.15, -0.1) is 0 Å². The Hall–Kier alpha value is -1.05. The molecule has 0 aliphatic carbocycles. The van der Waals surface area contributed by atoms with Crippen LogP contribution in [0.15, 0.2) is 18.6 Å². The van der Waals surface area contributed by atoms with E-state index in [4.69, 9.17) is 0 Å². The van der Waals surface area contributed by atoms with E-state index >= 15 is 0 Å². The molecule has 1 heterocycles. The summed E-state index contributed by atoms with van der Waals surface area (Å²) in [4.78, 5) is 10.4. The molecule has 0 fully saturated rings. The van der Waals surface area contributed by atoms with Gasteiger partial charge >= 0.3 is 0 Å². The summed E-state index contributed by atoms with van der Waals surface area (Å²) in [6.07, 6.45) is 6.54. The highest BCUT2D eigenvalue weighted by Gasteiger charge is 2.15. The zero-order valence-corrected chi connectivity index (χ0v) is 13.5. The Labute approximate surface area is 121 Å². The maximum Gasteiger partial charge on any atom is 0.213 e. The van der Waals surface area contributed by atoms with Gasteiger partial charge in [0.2, 0.25) is 10.0 Å². The van der Waals surface area contributed by atoms with Crippen LogP contribution in [0.3, 0.4) is 0 Å². The molecule has 20 heavy (non-hydrogen) atoms. The molecule has 1 aromatic rings. The molecule has 0 aliphatic rings. The van der Waals surface area contributed by atoms with Crippen LogP contribution >= 0.6 is 0 Å². The predicted octanol–water partition coefficient (Wildman–Crippen LogP) is 0.621. The summed E-state index contributed by atoms with van der Waals surface area (Å²) in [6.45, 7) is 2.85. The molecule has 1 rings (SSSR count). The average molecular weight is 300 g/mol. The highest BCUT2D eigenvalue weighted by Crippen LogP contribution is 2.06. The topological polar surface area (TPSA) is 66.4 Å². The maximum atomic E-state index is 11.7. The van der Waals surface area contributed by atoms with E-state index in [-0.39, 0.29) is 5.75 Å². The lowest BCUT2D eigenvalue weighted by atomic mass is 10.1. The molecule has 0 radical (unpaired) electrons. The minimum Gasteiger partial charge on any atom is -0.303 e. The van der Waals surface area contributed by atoms with Crippen molar-refractivity contribution in [2.45, 2.75) is 25.8 Å². The third-order valence-corrected chi connectivity index (χ3v) is 5.26. The van der Waals surface area contributed by atoms with Gasteiger partial charge < -0.3 is 4.90 Å². The highest BCUT2D eigenvalue weighted by atomic mass is 32.2. The van der Waals surface area contributed by atoms with E-state index in [0.29, 0.717) is 12.5 Å². The molecule has 1 atom stereocenters. The Kier molecular flexibility index (Phi) is 6.51. The Morgan fingerprint density at radius 2 is 1.95 bits per heavy atom. The van der Waals surface area contributed by atoms with Crippen molar-refractivity contribution in [3.63, 3.8) is 0 Å². The van der Waals surface area contributed by atoms with Crippen molar-refractivity contribution in [1.29, 1.82) is 0 Å². The number of likely N-dealkylation sites (N-methyl/N-ethyl adjacent to an activating group) is 1. The number of hydrogen-bond acceptors (Lipinski definition) is 5. The average Bonchev–Trinajstić information content (AvgIpc) is 2.39. The van der Waals surface area contributed by atoms with E-state index in [0.717, 1.165) is 18.7 Å². The quantitative estimate of drug-likeness (QED) is 0.704. The largest absolute Gasteiger partial charge is 0.303 e. The van der Waals surface area contributed by atoms with Gasteiger partial charge in [-0.05, 0) is 26.9 Å². The molecule has 0 amide bonds. The molecule has 0 bridgehead atoms. The standard InChI is InChI=1S/C13H24N4O2S/c1-12(10-13-11-14-6-7-15-13)17(4)8-5-9-20(18,19)16(2)3/h6-7,11-12H,5,8-10H2,1-4H3/t12-/m0/s1. The molecule has 1 aromatic heterocycles. The van der Waals surface area contributed by atoms with E-state index < -0.39 is 10.0 Å². The van der Waals surface area contributed by atoms with Crippen molar-refractivity contribution in [2.24, 2.45) is 0 Å². The molecule has 114 valence electrons. The number of aromatic nitrogens is 2. The summed E-state index contributed by atoms with van der Waals surface area (Å²) in [5.41, 5.74) is 0.952. The van der Waals surface area contributed by atoms with Crippen LogP contribution in [0.5, 0.6) is 0 Å². The van der Waals surface area contributed by atoms with Crippen LogP contribution in [0.2, 0.25) is 0 Å². The lowest BCUT2D eigenvalue weighted by Gasteiger charge is -2.24. The zero-order chi connectivity index (χ0) is 15.2. The number of hydrogen-bond donors (Lipinski definition) is 0. The van der Waals surface area contributed by atoms with Crippen LogP contribution in [0.1, 0.15) is 19.0 Å². The predicted molar refractivity (Wildman–Crippen MR) is 79.9 cm³/mol. The van der Waals surface area contributed by atoms with Gasteiger partial charge in [0.1, 0.15) is 0 Å². The van der Waals surface area contributed by atoms with Gasteiger partial charge in [-0.25, -0.2) is 12.7 Å². The summed E-state index contributed by atoms with van der Waals surface area (Å²) in [7, 11) is 2.04. The Morgan fingerprint density at radius 3 is 2.50 bits per heavy atom. The fraction of sp³-hybridized carbons (Fsp3) is 0.692. The molecule has 0 saturated heterocycles. The van der Waals surface area contributed by atoms with E-state index in [9.17, 15) is 8.42 Å². The molecule has 0 aliphatic heterocycles. The van der Waals surface area contributed by atoms with Gasteiger partial charge in [-0.3, -0.25) is 9.97 Å². The van der Waals surface area contributed by atoms with Crippen molar-refractivity contribution >= 4 is 10.0 Å². The van der Waals surface area contributed by atoms with E-state index in [1.807, 2.05) is 7.05 Å². The first-order valence-electron chi connectivity index (χ1n) is 6.68. The Bertz CT molecular complexity index is 490. The maximum absolute atomic E-state index is 11.7. The summed E-state index contributed by atoms with van der Waals surface area (Å²) >= 11 is 0.